The minimum absolute atomic E-state index is 0.0463. The van der Waals surface area contributed by atoms with Crippen LogP contribution in [-0.2, 0) is 0 Å². The molecule has 0 bridgehead atoms. The molecule has 1 fully saturated rings. The number of hydrogen-bond donors (Lipinski definition) is 0. The highest BCUT2D eigenvalue weighted by molar-refractivity contribution is 6.51. The van der Waals surface area contributed by atoms with E-state index in [1.807, 2.05) is 27.7 Å². The van der Waals surface area contributed by atoms with Gasteiger partial charge < -0.3 is 0 Å². The molecule has 1 aliphatic rings. The first-order chi connectivity index (χ1) is 4.65. The van der Waals surface area contributed by atoms with E-state index >= 15 is 0 Å². The van der Waals surface area contributed by atoms with Crippen LogP contribution in [0.4, 0.5) is 0 Å². The predicted octanol–water partition coefficient (Wildman–Crippen LogP) is 3.83. The normalized spacial score (nSPS) is 33.0. The lowest BCUT2D eigenvalue weighted by molar-refractivity contribution is 0.00956. The quantitative estimate of drug-likeness (QED) is 0.539. The van der Waals surface area contributed by atoms with E-state index in [-0.39, 0.29) is 16.2 Å². The summed E-state index contributed by atoms with van der Waals surface area (Å²) in [5, 5.41) is 0.0463. The Balaban J connectivity index is 2.98. The molecule has 3 heteroatoms. The van der Waals surface area contributed by atoms with Gasteiger partial charge in [-0.1, -0.05) is 27.7 Å². The summed E-state index contributed by atoms with van der Waals surface area (Å²) in [5.74, 6) is 0. The van der Waals surface area contributed by atoms with Crippen LogP contribution in [0.5, 0.6) is 0 Å². The van der Waals surface area contributed by atoms with E-state index in [2.05, 4.69) is 0 Å². The first kappa shape index (κ1) is 9.95. The first-order valence-electron chi connectivity index (χ1n) is 3.67. The number of rotatable bonds is 0. The van der Waals surface area contributed by atoms with Crippen LogP contribution < -0.4 is 0 Å². The molecule has 0 aromatic carbocycles. The Morgan fingerprint density at radius 1 is 0.909 bits per heavy atom. The zero-order valence-corrected chi connectivity index (χ0v) is 9.48. The monoisotopic (exact) mass is 214 g/mol. The molecule has 0 spiro atoms. The molecule has 66 valence electrons. The van der Waals surface area contributed by atoms with Crippen molar-refractivity contribution >= 4 is 34.8 Å². The molecule has 0 amide bonds. The van der Waals surface area contributed by atoms with Crippen LogP contribution in [0.25, 0.3) is 0 Å². The van der Waals surface area contributed by atoms with Gasteiger partial charge in [-0.05, 0) is 0 Å². The van der Waals surface area contributed by atoms with E-state index < -0.39 is 4.33 Å². The lowest BCUT2D eigenvalue weighted by Gasteiger charge is -2.64. The summed E-state index contributed by atoms with van der Waals surface area (Å²) in [5.41, 5.74) is -0.387. The molecule has 0 aliphatic heterocycles. The maximum atomic E-state index is 6.16. The van der Waals surface area contributed by atoms with E-state index in [1.54, 1.807) is 0 Å². The van der Waals surface area contributed by atoms with Gasteiger partial charge in [0.25, 0.3) is 0 Å². The summed E-state index contributed by atoms with van der Waals surface area (Å²) in [7, 11) is 0. The van der Waals surface area contributed by atoms with Crippen molar-refractivity contribution in [2.24, 2.45) is 10.8 Å². The molecule has 0 saturated heterocycles. The van der Waals surface area contributed by atoms with E-state index in [0.717, 1.165) is 0 Å². The SMILES string of the molecule is CC1(C)C(Cl)C(C)(C)C1(Cl)Cl. The number of hydrogen-bond acceptors (Lipinski definition) is 0. The Hall–Kier alpha value is 0.870. The summed E-state index contributed by atoms with van der Waals surface area (Å²) in [6.45, 7) is 7.98. The minimum atomic E-state index is -0.702. The molecular formula is C8H13Cl3. The lowest BCUT2D eigenvalue weighted by atomic mass is 9.54. The van der Waals surface area contributed by atoms with E-state index in [1.165, 1.54) is 0 Å². The molecule has 0 nitrogen and oxygen atoms in total. The average molecular weight is 216 g/mol. The predicted molar refractivity (Wildman–Crippen MR) is 51.6 cm³/mol. The molecule has 1 aliphatic carbocycles. The average Bonchev–Trinajstić information content (AvgIpc) is 1.84. The van der Waals surface area contributed by atoms with Crippen molar-refractivity contribution in [2.45, 2.75) is 37.4 Å². The summed E-state index contributed by atoms with van der Waals surface area (Å²) >= 11 is 18.5. The van der Waals surface area contributed by atoms with Crippen LogP contribution in [0.1, 0.15) is 27.7 Å². The van der Waals surface area contributed by atoms with Crippen LogP contribution in [-0.4, -0.2) is 9.71 Å². The van der Waals surface area contributed by atoms with Gasteiger partial charge in [-0.3, -0.25) is 0 Å². The molecule has 0 N–H and O–H groups in total. The lowest BCUT2D eigenvalue weighted by Crippen LogP contribution is -2.68. The van der Waals surface area contributed by atoms with Gasteiger partial charge >= 0.3 is 0 Å². The molecule has 1 rings (SSSR count). The van der Waals surface area contributed by atoms with Crippen molar-refractivity contribution in [1.82, 2.24) is 0 Å². The van der Waals surface area contributed by atoms with Crippen molar-refractivity contribution in [2.75, 3.05) is 0 Å². The van der Waals surface area contributed by atoms with Crippen LogP contribution in [0.15, 0.2) is 0 Å². The fraction of sp³-hybridized carbons (Fsp3) is 1.00. The highest BCUT2D eigenvalue weighted by atomic mass is 35.5. The minimum Gasteiger partial charge on any atom is -0.122 e. The van der Waals surface area contributed by atoms with Crippen LogP contribution in [0.3, 0.4) is 0 Å². The highest BCUT2D eigenvalue weighted by Gasteiger charge is 2.70. The molecule has 0 atom stereocenters. The van der Waals surface area contributed by atoms with Gasteiger partial charge in [-0.25, -0.2) is 0 Å². The smallest absolute Gasteiger partial charge is 0.122 e. The van der Waals surface area contributed by atoms with Gasteiger partial charge in [0.1, 0.15) is 4.33 Å². The second kappa shape index (κ2) is 2.21. The van der Waals surface area contributed by atoms with Gasteiger partial charge in [0.05, 0.1) is 0 Å². The van der Waals surface area contributed by atoms with Crippen molar-refractivity contribution in [3.63, 3.8) is 0 Å². The van der Waals surface area contributed by atoms with E-state index in [0.29, 0.717) is 0 Å². The zero-order chi connectivity index (χ0) is 9.08. The Morgan fingerprint density at radius 3 is 1.27 bits per heavy atom. The topological polar surface area (TPSA) is 0 Å². The van der Waals surface area contributed by atoms with Gasteiger partial charge in [-0.15, -0.1) is 34.8 Å². The molecule has 0 unspecified atom stereocenters. The number of halogens is 3. The van der Waals surface area contributed by atoms with Gasteiger partial charge in [0.15, 0.2) is 0 Å². The van der Waals surface area contributed by atoms with E-state index in [4.69, 9.17) is 34.8 Å². The fourth-order valence-electron chi connectivity index (χ4n) is 1.97. The zero-order valence-electron chi connectivity index (χ0n) is 7.21. The Kier molecular flexibility index (Phi) is 2.00. The third-order valence-corrected chi connectivity index (χ3v) is 5.93. The maximum absolute atomic E-state index is 6.16. The second-order valence-electron chi connectivity index (χ2n) is 4.38. The van der Waals surface area contributed by atoms with Crippen molar-refractivity contribution in [1.29, 1.82) is 0 Å². The second-order valence-corrected chi connectivity index (χ2v) is 6.14. The third kappa shape index (κ3) is 0.897. The Labute approximate surface area is 83.2 Å². The molecule has 0 aromatic rings. The summed E-state index contributed by atoms with van der Waals surface area (Å²) in [4.78, 5) is 0. The van der Waals surface area contributed by atoms with Gasteiger partial charge in [0, 0.05) is 16.2 Å². The molecular weight excluding hydrogens is 202 g/mol. The summed E-state index contributed by atoms with van der Waals surface area (Å²) < 4.78 is -0.702. The molecule has 11 heavy (non-hydrogen) atoms. The van der Waals surface area contributed by atoms with Crippen molar-refractivity contribution < 1.29 is 0 Å². The Morgan fingerprint density at radius 2 is 1.18 bits per heavy atom. The molecule has 0 aromatic heterocycles. The summed E-state index contributed by atoms with van der Waals surface area (Å²) in [6.07, 6.45) is 0. The standard InChI is InChI=1S/C8H13Cl3/c1-6(2)5(9)7(3,4)8(6,10)11/h5H,1-4H3. The van der Waals surface area contributed by atoms with Gasteiger partial charge in [-0.2, -0.15) is 0 Å². The molecule has 0 radical (unpaired) electrons. The largest absolute Gasteiger partial charge is 0.131 e. The third-order valence-electron chi connectivity index (χ3n) is 2.89. The van der Waals surface area contributed by atoms with Crippen molar-refractivity contribution in [3.8, 4) is 0 Å². The van der Waals surface area contributed by atoms with Crippen LogP contribution in [0.2, 0.25) is 0 Å². The fourth-order valence-corrected chi connectivity index (χ4v) is 2.96. The molecule has 1 saturated carbocycles. The van der Waals surface area contributed by atoms with Crippen LogP contribution in [0, 0.1) is 10.8 Å². The van der Waals surface area contributed by atoms with Crippen molar-refractivity contribution in [3.05, 3.63) is 0 Å². The van der Waals surface area contributed by atoms with Crippen LogP contribution >= 0.6 is 34.8 Å². The number of alkyl halides is 3. The van der Waals surface area contributed by atoms with E-state index in [9.17, 15) is 0 Å². The first-order valence-corrected chi connectivity index (χ1v) is 4.87. The molecule has 0 heterocycles. The highest BCUT2D eigenvalue weighted by Crippen LogP contribution is 2.69. The Bertz CT molecular complexity index is 164. The maximum Gasteiger partial charge on any atom is 0.131 e. The van der Waals surface area contributed by atoms with Gasteiger partial charge in [0.2, 0.25) is 0 Å². The summed E-state index contributed by atoms with van der Waals surface area (Å²) in [6, 6.07) is 0.